The molecule has 158 valence electrons. The van der Waals surface area contributed by atoms with Gasteiger partial charge in [0.2, 0.25) is 0 Å². The highest BCUT2D eigenvalue weighted by Gasteiger charge is 2.23. The Kier molecular flexibility index (Phi) is 9.21. The maximum atomic E-state index is 12.1. The number of esters is 1. The topological polar surface area (TPSA) is 78.7 Å². The molecule has 0 N–H and O–H groups in total. The number of methoxy groups -OCH3 is 2. The fourth-order valence-electron chi connectivity index (χ4n) is 3.51. The Labute approximate surface area is 172 Å². The van der Waals surface area contributed by atoms with Gasteiger partial charge in [-0.2, -0.15) is 0 Å². The molecule has 0 aromatic heterocycles. The first kappa shape index (κ1) is 22.5. The zero-order chi connectivity index (χ0) is 21.1. The van der Waals surface area contributed by atoms with Crippen molar-refractivity contribution in [2.45, 2.75) is 45.6 Å². The minimum absolute atomic E-state index is 0.191. The van der Waals surface area contributed by atoms with Gasteiger partial charge in [0.05, 0.1) is 20.5 Å². The van der Waals surface area contributed by atoms with E-state index in [0.717, 1.165) is 24.1 Å². The number of hydrogen-bond acceptors (Lipinski definition) is 7. The van der Waals surface area contributed by atoms with Crippen LogP contribution >= 0.6 is 0 Å². The Morgan fingerprint density at radius 1 is 1.10 bits per heavy atom. The lowest BCUT2D eigenvalue weighted by atomic mass is 9.84. The minimum Gasteiger partial charge on any atom is -0.503 e. The minimum atomic E-state index is -0.481. The highest BCUT2D eigenvalue weighted by molar-refractivity contribution is 6.42. The van der Waals surface area contributed by atoms with E-state index in [-0.39, 0.29) is 6.61 Å². The first-order chi connectivity index (χ1) is 14.1. The van der Waals surface area contributed by atoms with Gasteiger partial charge >= 0.3 is 5.97 Å². The molecule has 1 aliphatic carbocycles. The van der Waals surface area contributed by atoms with Crippen molar-refractivity contribution >= 4 is 23.0 Å². The molecule has 1 aromatic rings. The predicted molar refractivity (Wildman–Crippen MR) is 112 cm³/mol. The number of hydrogen-bond donors (Lipinski definition) is 0. The number of oxime groups is 2. The normalized spacial score (nSPS) is 16.3. The van der Waals surface area contributed by atoms with Crippen LogP contribution in [0.15, 0.2) is 40.8 Å². The van der Waals surface area contributed by atoms with E-state index in [1.165, 1.54) is 39.7 Å². The molecule has 0 amide bonds. The van der Waals surface area contributed by atoms with Crippen LogP contribution in [0.5, 0.6) is 0 Å². The van der Waals surface area contributed by atoms with Crippen molar-refractivity contribution in [3.8, 4) is 0 Å². The zero-order valence-electron chi connectivity index (χ0n) is 17.6. The highest BCUT2D eigenvalue weighted by atomic mass is 16.6. The van der Waals surface area contributed by atoms with Gasteiger partial charge in [0.1, 0.15) is 30.7 Å². The molecule has 1 aromatic carbocycles. The molecule has 1 saturated carbocycles. The molecule has 0 bridgehead atoms. The van der Waals surface area contributed by atoms with Gasteiger partial charge in [-0.1, -0.05) is 53.8 Å². The van der Waals surface area contributed by atoms with Gasteiger partial charge in [0.15, 0.2) is 0 Å². The summed E-state index contributed by atoms with van der Waals surface area (Å²) < 4.78 is 9.90. The van der Waals surface area contributed by atoms with Crippen molar-refractivity contribution in [1.29, 1.82) is 0 Å². The largest absolute Gasteiger partial charge is 0.503 e. The molecule has 29 heavy (non-hydrogen) atoms. The third-order valence-electron chi connectivity index (χ3n) is 4.92. The predicted octanol–water partition coefficient (Wildman–Crippen LogP) is 4.32. The molecule has 2 rings (SSSR count). The Morgan fingerprint density at radius 3 is 2.48 bits per heavy atom. The van der Waals surface area contributed by atoms with Gasteiger partial charge in [-0.3, -0.25) is 0 Å². The third kappa shape index (κ3) is 6.34. The van der Waals surface area contributed by atoms with Gasteiger partial charge in [0.25, 0.3) is 0 Å². The fourth-order valence-corrected chi connectivity index (χ4v) is 3.51. The molecule has 0 spiro atoms. The van der Waals surface area contributed by atoms with Gasteiger partial charge in [-0.05, 0) is 25.3 Å². The van der Waals surface area contributed by atoms with Crippen molar-refractivity contribution in [2.75, 3.05) is 21.3 Å². The number of nitrogens with zero attached hydrogens (tertiary/aromatic N) is 2. The van der Waals surface area contributed by atoms with Crippen molar-refractivity contribution in [3.63, 3.8) is 0 Å². The zero-order valence-corrected chi connectivity index (χ0v) is 17.6. The first-order valence-corrected chi connectivity index (χ1v) is 9.79. The molecule has 0 saturated heterocycles. The van der Waals surface area contributed by atoms with E-state index in [2.05, 4.69) is 10.3 Å². The second-order valence-corrected chi connectivity index (χ2v) is 6.86. The maximum Gasteiger partial charge on any atom is 0.341 e. The molecular weight excluding hydrogens is 372 g/mol. The lowest BCUT2D eigenvalue weighted by Crippen LogP contribution is -2.25. The van der Waals surface area contributed by atoms with Crippen molar-refractivity contribution in [2.24, 2.45) is 16.2 Å². The molecule has 7 nitrogen and oxygen atoms in total. The Hall–Kier alpha value is -2.83. The molecule has 1 fully saturated rings. The van der Waals surface area contributed by atoms with Gasteiger partial charge in [0, 0.05) is 11.5 Å². The van der Waals surface area contributed by atoms with Crippen LogP contribution in [0.4, 0.5) is 0 Å². The van der Waals surface area contributed by atoms with E-state index >= 15 is 0 Å². The van der Waals surface area contributed by atoms with Crippen LogP contribution in [0.25, 0.3) is 5.57 Å². The van der Waals surface area contributed by atoms with Crippen LogP contribution in [0.1, 0.15) is 50.2 Å². The van der Waals surface area contributed by atoms with E-state index in [9.17, 15) is 4.79 Å². The molecule has 0 unspecified atom stereocenters. The van der Waals surface area contributed by atoms with Crippen molar-refractivity contribution in [3.05, 3.63) is 41.7 Å². The van der Waals surface area contributed by atoms with Crippen LogP contribution < -0.4 is 0 Å². The molecule has 0 aliphatic heterocycles. The first-order valence-electron chi connectivity index (χ1n) is 9.79. The van der Waals surface area contributed by atoms with E-state index in [0.29, 0.717) is 22.8 Å². The van der Waals surface area contributed by atoms with E-state index < -0.39 is 5.97 Å². The van der Waals surface area contributed by atoms with Crippen LogP contribution in [0, 0.1) is 5.92 Å². The maximum absolute atomic E-state index is 12.1. The SMILES string of the molecule is CO/C=C(/C(=O)OC)c1ccccc1CO/N=C(C)/C(=N/OC)C1CCCCC1. The second kappa shape index (κ2) is 11.9. The molecule has 0 heterocycles. The number of benzene rings is 1. The smallest absolute Gasteiger partial charge is 0.341 e. The van der Waals surface area contributed by atoms with Gasteiger partial charge < -0.3 is 19.1 Å². The molecule has 7 heteroatoms. The Balaban J connectivity index is 2.15. The van der Waals surface area contributed by atoms with E-state index in [1.807, 2.05) is 31.2 Å². The van der Waals surface area contributed by atoms with Crippen LogP contribution in [0.3, 0.4) is 0 Å². The number of ether oxygens (including phenoxy) is 2. The number of carbonyl (C=O) groups is 1. The van der Waals surface area contributed by atoms with Crippen LogP contribution in [-0.2, 0) is 30.6 Å². The quantitative estimate of drug-likeness (QED) is 0.202. The van der Waals surface area contributed by atoms with Crippen molar-refractivity contribution < 1.29 is 23.9 Å². The summed E-state index contributed by atoms with van der Waals surface area (Å²) in [7, 11) is 4.36. The van der Waals surface area contributed by atoms with Crippen molar-refractivity contribution in [1.82, 2.24) is 0 Å². The standard InChI is InChI=1S/C22H30N2O5/c1-16(21(24-28-4)17-10-6-5-7-11-17)23-29-14-18-12-8-9-13-19(18)20(15-26-2)22(25)27-3/h8-9,12-13,15,17H,5-7,10-11,14H2,1-4H3/b20-15+,23-16+,24-21-. The summed E-state index contributed by atoms with van der Waals surface area (Å²) in [5.41, 5.74) is 3.33. The van der Waals surface area contributed by atoms with Crippen LogP contribution in [0.2, 0.25) is 0 Å². The van der Waals surface area contributed by atoms with Crippen LogP contribution in [-0.4, -0.2) is 38.7 Å². The molecule has 1 aliphatic rings. The van der Waals surface area contributed by atoms with E-state index in [1.54, 1.807) is 7.11 Å². The molecule has 0 atom stereocenters. The summed E-state index contributed by atoms with van der Waals surface area (Å²) in [5.74, 6) is -0.135. The number of rotatable bonds is 9. The Bertz CT molecular complexity index is 764. The lowest BCUT2D eigenvalue weighted by molar-refractivity contribution is -0.133. The summed E-state index contributed by atoms with van der Waals surface area (Å²) in [6.45, 7) is 2.07. The summed E-state index contributed by atoms with van der Waals surface area (Å²) >= 11 is 0. The third-order valence-corrected chi connectivity index (χ3v) is 4.92. The summed E-state index contributed by atoms with van der Waals surface area (Å²) in [6, 6.07) is 7.40. The average molecular weight is 402 g/mol. The summed E-state index contributed by atoms with van der Waals surface area (Å²) in [5, 5.41) is 8.46. The molecule has 0 radical (unpaired) electrons. The monoisotopic (exact) mass is 402 g/mol. The van der Waals surface area contributed by atoms with E-state index in [4.69, 9.17) is 19.1 Å². The lowest BCUT2D eigenvalue weighted by Gasteiger charge is -2.22. The second-order valence-electron chi connectivity index (χ2n) is 6.86. The number of carbonyl (C=O) groups excluding carboxylic acids is 1. The summed E-state index contributed by atoms with van der Waals surface area (Å²) in [4.78, 5) is 22.8. The fraction of sp³-hybridized carbons (Fsp3) is 0.500. The van der Waals surface area contributed by atoms with Gasteiger partial charge in [-0.25, -0.2) is 4.79 Å². The van der Waals surface area contributed by atoms with Gasteiger partial charge in [-0.15, -0.1) is 0 Å². The molecular formula is C22H30N2O5. The average Bonchev–Trinajstić information content (AvgIpc) is 2.76. The summed E-state index contributed by atoms with van der Waals surface area (Å²) in [6.07, 6.45) is 7.18. The Morgan fingerprint density at radius 2 is 1.83 bits per heavy atom. The highest BCUT2D eigenvalue weighted by Crippen LogP contribution is 2.26.